The van der Waals surface area contributed by atoms with Crippen LogP contribution in [0.2, 0.25) is 0 Å². The van der Waals surface area contributed by atoms with Crippen LogP contribution >= 0.6 is 0 Å². The maximum Gasteiger partial charge on any atom is 0.130 e. The normalized spacial score (nSPS) is 21.3. The van der Waals surface area contributed by atoms with Crippen LogP contribution in [0.3, 0.4) is 0 Å². The lowest BCUT2D eigenvalue weighted by molar-refractivity contribution is 0.453. The summed E-state index contributed by atoms with van der Waals surface area (Å²) in [6.45, 7) is 4.87. The van der Waals surface area contributed by atoms with Crippen molar-refractivity contribution in [2.24, 2.45) is 0 Å². The number of hydrogen-bond donors (Lipinski definition) is 2. The number of aryl methyl sites for hydroxylation is 1. The average molecular weight is 312 g/mol. The van der Waals surface area contributed by atoms with Gasteiger partial charge < -0.3 is 15.2 Å². The molecule has 2 N–H and O–H groups in total. The van der Waals surface area contributed by atoms with Crippen molar-refractivity contribution in [2.75, 3.05) is 18.4 Å². The van der Waals surface area contributed by atoms with Crippen molar-refractivity contribution in [1.29, 1.82) is 0 Å². The minimum absolute atomic E-state index is 0.503. The molecule has 1 saturated carbocycles. The Kier molecular flexibility index (Phi) is 3.99. The van der Waals surface area contributed by atoms with Gasteiger partial charge in [0.2, 0.25) is 0 Å². The molecule has 2 aromatic heterocycles. The lowest BCUT2D eigenvalue weighted by atomic mass is 9.96. The molecule has 1 aliphatic carbocycles. The molecule has 1 aliphatic heterocycles. The Hall–Kier alpha value is -1.95. The monoisotopic (exact) mass is 312 g/mol. The molecule has 1 unspecified atom stereocenters. The second-order valence-electron chi connectivity index (χ2n) is 6.65. The van der Waals surface area contributed by atoms with Gasteiger partial charge in [-0.2, -0.15) is 0 Å². The van der Waals surface area contributed by atoms with Gasteiger partial charge in [-0.15, -0.1) is 0 Å². The van der Waals surface area contributed by atoms with E-state index in [4.69, 9.17) is 0 Å². The zero-order chi connectivity index (χ0) is 15.6. The first kappa shape index (κ1) is 14.6. The molecular formula is C17H24N6. The maximum absolute atomic E-state index is 4.65. The van der Waals surface area contributed by atoms with Crippen molar-refractivity contribution in [3.05, 3.63) is 35.8 Å². The molecule has 0 spiro atoms. The van der Waals surface area contributed by atoms with Crippen molar-refractivity contribution in [2.45, 2.75) is 51.1 Å². The molecular weight excluding hydrogens is 288 g/mol. The van der Waals surface area contributed by atoms with Crippen molar-refractivity contribution >= 4 is 5.82 Å². The summed E-state index contributed by atoms with van der Waals surface area (Å²) < 4.78 is 2.28. The molecule has 1 saturated heterocycles. The van der Waals surface area contributed by atoms with E-state index in [9.17, 15) is 0 Å². The van der Waals surface area contributed by atoms with E-state index in [0.717, 1.165) is 37.0 Å². The van der Waals surface area contributed by atoms with Crippen molar-refractivity contribution < 1.29 is 0 Å². The minimum Gasteiger partial charge on any atom is -0.364 e. The van der Waals surface area contributed by atoms with Crippen LogP contribution in [-0.2, 0) is 6.54 Å². The van der Waals surface area contributed by atoms with Gasteiger partial charge >= 0.3 is 0 Å². The van der Waals surface area contributed by atoms with Crippen LogP contribution in [0, 0.1) is 6.92 Å². The first-order chi connectivity index (χ1) is 11.3. The molecule has 122 valence electrons. The predicted octanol–water partition coefficient (Wildman–Crippen LogP) is 2.40. The lowest BCUT2D eigenvalue weighted by Crippen LogP contribution is -2.29. The Morgan fingerprint density at radius 1 is 1.30 bits per heavy atom. The van der Waals surface area contributed by atoms with Crippen LogP contribution in [0.5, 0.6) is 0 Å². The largest absolute Gasteiger partial charge is 0.364 e. The Bertz CT molecular complexity index is 669. The lowest BCUT2D eigenvalue weighted by Gasteiger charge is -2.22. The molecule has 0 aromatic carbocycles. The number of piperidine rings is 1. The van der Waals surface area contributed by atoms with Gasteiger partial charge in [0.15, 0.2) is 0 Å². The average Bonchev–Trinajstić information content (AvgIpc) is 3.31. The number of imidazole rings is 1. The molecule has 4 rings (SSSR count). The smallest absolute Gasteiger partial charge is 0.130 e. The van der Waals surface area contributed by atoms with Gasteiger partial charge in [0, 0.05) is 30.8 Å². The van der Waals surface area contributed by atoms with Crippen LogP contribution in [-0.4, -0.2) is 32.6 Å². The highest BCUT2D eigenvalue weighted by Crippen LogP contribution is 2.35. The highest BCUT2D eigenvalue weighted by Gasteiger charge is 2.25. The molecule has 2 aliphatic rings. The quantitative estimate of drug-likeness (QED) is 0.887. The summed E-state index contributed by atoms with van der Waals surface area (Å²) in [5.74, 6) is 2.26. The molecule has 6 heteroatoms. The van der Waals surface area contributed by atoms with E-state index in [1.165, 1.54) is 31.4 Å². The summed E-state index contributed by atoms with van der Waals surface area (Å²) in [5, 5.41) is 6.92. The third-order valence-corrected chi connectivity index (χ3v) is 4.71. The number of nitrogens with one attached hydrogen (secondary N) is 2. The van der Waals surface area contributed by atoms with Crippen molar-refractivity contribution in [1.82, 2.24) is 24.8 Å². The van der Waals surface area contributed by atoms with Gasteiger partial charge in [-0.3, -0.25) is 0 Å². The van der Waals surface area contributed by atoms with E-state index in [1.807, 2.05) is 19.4 Å². The summed E-state index contributed by atoms with van der Waals surface area (Å²) in [5.41, 5.74) is 2.38. The first-order valence-corrected chi connectivity index (χ1v) is 8.60. The number of rotatable bonds is 5. The highest BCUT2D eigenvalue weighted by atomic mass is 15.1. The van der Waals surface area contributed by atoms with E-state index < -0.39 is 0 Å². The van der Waals surface area contributed by atoms with Crippen molar-refractivity contribution in [3.8, 4) is 0 Å². The Morgan fingerprint density at radius 2 is 2.22 bits per heavy atom. The van der Waals surface area contributed by atoms with Gasteiger partial charge in [-0.05, 0) is 39.2 Å². The van der Waals surface area contributed by atoms with Gasteiger partial charge in [-0.25, -0.2) is 15.0 Å². The zero-order valence-corrected chi connectivity index (χ0v) is 13.6. The molecule has 2 aromatic rings. The summed E-state index contributed by atoms with van der Waals surface area (Å²) in [6, 6.07) is 2.77. The number of hydrogen-bond acceptors (Lipinski definition) is 5. The van der Waals surface area contributed by atoms with Crippen LogP contribution in [0.15, 0.2) is 18.6 Å². The van der Waals surface area contributed by atoms with Gasteiger partial charge in [0.05, 0.1) is 24.3 Å². The third-order valence-electron chi connectivity index (χ3n) is 4.71. The van der Waals surface area contributed by atoms with Crippen LogP contribution in [0.25, 0.3) is 0 Å². The van der Waals surface area contributed by atoms with Crippen LogP contribution in [0.4, 0.5) is 5.82 Å². The van der Waals surface area contributed by atoms with Crippen molar-refractivity contribution in [3.63, 3.8) is 0 Å². The van der Waals surface area contributed by atoms with Gasteiger partial charge in [-0.1, -0.05) is 0 Å². The van der Waals surface area contributed by atoms with E-state index in [0.29, 0.717) is 12.0 Å². The number of aromatic nitrogens is 4. The first-order valence-electron chi connectivity index (χ1n) is 8.60. The van der Waals surface area contributed by atoms with E-state index in [-0.39, 0.29) is 0 Å². The van der Waals surface area contributed by atoms with Gasteiger partial charge in [0.25, 0.3) is 0 Å². The van der Waals surface area contributed by atoms with Crippen LogP contribution < -0.4 is 10.6 Å². The zero-order valence-electron chi connectivity index (χ0n) is 13.6. The number of anilines is 1. The molecule has 0 bridgehead atoms. The summed E-state index contributed by atoms with van der Waals surface area (Å²) in [6.07, 6.45) is 8.86. The molecule has 0 radical (unpaired) electrons. The summed E-state index contributed by atoms with van der Waals surface area (Å²) in [4.78, 5) is 13.5. The number of nitrogens with zero attached hydrogens (tertiary/aromatic N) is 4. The third kappa shape index (κ3) is 3.37. The standard InChI is InChI=1S/C17H24N6/c1-12-21-16(13-3-2-6-18-8-13)7-17(22-12)20-10-15-9-19-11-23(15)14-4-5-14/h7,9,11,13-14,18H,2-6,8,10H2,1H3,(H,20,21,22). The molecule has 2 fully saturated rings. The minimum atomic E-state index is 0.503. The maximum atomic E-state index is 4.65. The molecule has 23 heavy (non-hydrogen) atoms. The molecule has 3 heterocycles. The summed E-state index contributed by atoms with van der Waals surface area (Å²) >= 11 is 0. The van der Waals surface area contributed by atoms with Crippen LogP contribution in [0.1, 0.15) is 54.9 Å². The fourth-order valence-electron chi connectivity index (χ4n) is 3.33. The van der Waals surface area contributed by atoms with E-state index in [1.54, 1.807) is 0 Å². The summed E-state index contributed by atoms with van der Waals surface area (Å²) in [7, 11) is 0. The highest BCUT2D eigenvalue weighted by molar-refractivity contribution is 5.37. The molecule has 0 amide bonds. The molecule has 1 atom stereocenters. The predicted molar refractivity (Wildman–Crippen MR) is 89.4 cm³/mol. The fraction of sp³-hybridized carbons (Fsp3) is 0.588. The SMILES string of the molecule is Cc1nc(NCc2cncn2C2CC2)cc(C2CCCNC2)n1. The Labute approximate surface area is 136 Å². The van der Waals surface area contributed by atoms with Gasteiger partial charge in [0.1, 0.15) is 11.6 Å². The Morgan fingerprint density at radius 3 is 3.00 bits per heavy atom. The second-order valence-corrected chi connectivity index (χ2v) is 6.65. The van der Waals surface area contributed by atoms with E-state index >= 15 is 0 Å². The fourth-order valence-corrected chi connectivity index (χ4v) is 3.33. The second kappa shape index (κ2) is 6.28. The Balaban J connectivity index is 1.47. The van der Waals surface area contributed by atoms with E-state index in [2.05, 4.69) is 36.2 Å². The molecule has 6 nitrogen and oxygen atoms in total. The topological polar surface area (TPSA) is 67.7 Å².